The van der Waals surface area contributed by atoms with Gasteiger partial charge in [-0.05, 0) is 50.6 Å². The third-order valence-corrected chi connectivity index (χ3v) is 5.30. The summed E-state index contributed by atoms with van der Waals surface area (Å²) >= 11 is 6.45. The van der Waals surface area contributed by atoms with Crippen molar-refractivity contribution in [3.8, 4) is 5.69 Å². The van der Waals surface area contributed by atoms with Crippen LogP contribution < -0.4 is 5.32 Å². The molecule has 0 aliphatic heterocycles. The van der Waals surface area contributed by atoms with Crippen molar-refractivity contribution in [2.75, 3.05) is 5.32 Å². The minimum Gasteiger partial charge on any atom is -0.322 e. The Morgan fingerprint density at radius 2 is 1.81 bits per heavy atom. The fourth-order valence-corrected chi connectivity index (χ4v) is 3.82. The molecule has 2 aromatic carbocycles. The topological polar surface area (TPSA) is 64.7 Å². The maximum atomic E-state index is 14.7. The number of amides is 1. The van der Waals surface area contributed by atoms with Gasteiger partial charge in [0.25, 0.3) is 5.91 Å². The van der Waals surface area contributed by atoms with Gasteiger partial charge in [-0.25, -0.2) is 13.8 Å². The number of rotatable bonds is 5. The molecule has 2 heterocycles. The molecule has 158 valence electrons. The molecule has 0 saturated carbocycles. The van der Waals surface area contributed by atoms with Crippen LogP contribution in [0, 0.1) is 26.6 Å². The number of hydrogen-bond acceptors (Lipinski definition) is 3. The molecule has 6 nitrogen and oxygen atoms in total. The summed E-state index contributed by atoms with van der Waals surface area (Å²) in [6.07, 6.45) is 0. The lowest BCUT2D eigenvalue weighted by molar-refractivity contribution is 0.102. The van der Waals surface area contributed by atoms with Gasteiger partial charge in [0.05, 0.1) is 23.5 Å². The molecule has 0 bridgehead atoms. The average Bonchev–Trinajstić information content (AvgIpc) is 3.20. The normalized spacial score (nSPS) is 11.0. The van der Waals surface area contributed by atoms with Crippen LogP contribution >= 0.6 is 11.6 Å². The van der Waals surface area contributed by atoms with E-state index in [2.05, 4.69) is 15.5 Å². The zero-order valence-corrected chi connectivity index (χ0v) is 18.1. The van der Waals surface area contributed by atoms with Crippen molar-refractivity contribution in [3.63, 3.8) is 0 Å². The molecule has 0 spiro atoms. The van der Waals surface area contributed by atoms with Crippen molar-refractivity contribution >= 4 is 23.2 Å². The Morgan fingerprint density at radius 3 is 2.45 bits per heavy atom. The lowest BCUT2D eigenvalue weighted by Crippen LogP contribution is -2.14. The first kappa shape index (κ1) is 20.8. The van der Waals surface area contributed by atoms with Gasteiger partial charge >= 0.3 is 0 Å². The Kier molecular flexibility index (Phi) is 5.61. The van der Waals surface area contributed by atoms with Gasteiger partial charge in [-0.15, -0.1) is 0 Å². The Balaban J connectivity index is 1.56. The van der Waals surface area contributed by atoms with Gasteiger partial charge in [-0.3, -0.25) is 4.79 Å². The maximum Gasteiger partial charge on any atom is 0.260 e. The highest BCUT2D eigenvalue weighted by Gasteiger charge is 2.21. The number of hydrogen-bond donors (Lipinski definition) is 1. The van der Waals surface area contributed by atoms with Crippen molar-refractivity contribution in [1.29, 1.82) is 0 Å². The molecule has 1 amide bonds. The minimum absolute atomic E-state index is 0.235. The zero-order valence-electron chi connectivity index (χ0n) is 17.4. The molecule has 0 atom stereocenters. The first-order valence-corrected chi connectivity index (χ1v) is 10.1. The van der Waals surface area contributed by atoms with Crippen LogP contribution in [0.5, 0.6) is 0 Å². The van der Waals surface area contributed by atoms with E-state index in [0.717, 1.165) is 17.0 Å². The first-order chi connectivity index (χ1) is 14.8. The third-order valence-electron chi connectivity index (χ3n) is 4.91. The van der Waals surface area contributed by atoms with E-state index in [9.17, 15) is 9.18 Å². The van der Waals surface area contributed by atoms with E-state index in [1.807, 2.05) is 50.2 Å². The number of aryl methyl sites for hydroxylation is 3. The molecule has 0 saturated heterocycles. The predicted octanol–water partition coefficient (Wildman–Crippen LogP) is 5.09. The van der Waals surface area contributed by atoms with Crippen LogP contribution in [0.15, 0.2) is 54.6 Å². The summed E-state index contributed by atoms with van der Waals surface area (Å²) in [6.45, 7) is 5.86. The summed E-state index contributed by atoms with van der Waals surface area (Å²) in [5, 5.41) is 11.6. The van der Waals surface area contributed by atoms with Gasteiger partial charge in [-0.1, -0.05) is 41.9 Å². The van der Waals surface area contributed by atoms with Gasteiger partial charge in [0.2, 0.25) is 0 Å². The van der Waals surface area contributed by atoms with Crippen LogP contribution in [-0.4, -0.2) is 25.5 Å². The first-order valence-electron chi connectivity index (χ1n) is 9.75. The molecule has 0 aliphatic rings. The van der Waals surface area contributed by atoms with Crippen molar-refractivity contribution in [3.05, 3.63) is 93.8 Å². The van der Waals surface area contributed by atoms with Crippen LogP contribution in [0.2, 0.25) is 5.15 Å². The number of aromatic nitrogens is 4. The molecule has 0 radical (unpaired) electrons. The van der Waals surface area contributed by atoms with Crippen molar-refractivity contribution < 1.29 is 9.18 Å². The number of benzene rings is 2. The highest BCUT2D eigenvalue weighted by atomic mass is 35.5. The van der Waals surface area contributed by atoms with E-state index in [0.29, 0.717) is 23.6 Å². The summed E-state index contributed by atoms with van der Waals surface area (Å²) in [4.78, 5) is 12.9. The number of anilines is 1. The van der Waals surface area contributed by atoms with Crippen LogP contribution in [0.3, 0.4) is 0 Å². The highest BCUT2D eigenvalue weighted by molar-refractivity contribution is 6.33. The molecule has 4 aromatic rings. The van der Waals surface area contributed by atoms with Crippen molar-refractivity contribution in [1.82, 2.24) is 19.6 Å². The molecule has 4 rings (SSSR count). The molecular weight excluding hydrogens is 417 g/mol. The van der Waals surface area contributed by atoms with Gasteiger partial charge < -0.3 is 5.32 Å². The lowest BCUT2D eigenvalue weighted by atomic mass is 10.2. The molecule has 31 heavy (non-hydrogen) atoms. The van der Waals surface area contributed by atoms with Crippen LogP contribution in [0.25, 0.3) is 5.69 Å². The molecule has 1 N–H and O–H groups in total. The van der Waals surface area contributed by atoms with E-state index in [1.54, 1.807) is 23.7 Å². The van der Waals surface area contributed by atoms with Crippen molar-refractivity contribution in [2.45, 2.75) is 27.3 Å². The van der Waals surface area contributed by atoms with Crippen LogP contribution in [0.4, 0.5) is 10.1 Å². The molecule has 2 aromatic heterocycles. The second kappa shape index (κ2) is 8.35. The Labute approximate surface area is 184 Å². The maximum absolute atomic E-state index is 14.7. The molecule has 0 fully saturated rings. The monoisotopic (exact) mass is 437 g/mol. The third kappa shape index (κ3) is 4.22. The number of carbonyl (C=O) groups is 1. The van der Waals surface area contributed by atoms with Gasteiger partial charge in [0.1, 0.15) is 10.8 Å². The summed E-state index contributed by atoms with van der Waals surface area (Å²) in [7, 11) is 0. The van der Waals surface area contributed by atoms with Gasteiger partial charge in [0.15, 0.2) is 5.82 Å². The Bertz CT molecular complexity index is 1260. The fourth-order valence-electron chi connectivity index (χ4n) is 3.50. The predicted molar refractivity (Wildman–Crippen MR) is 118 cm³/mol. The second-order valence-electron chi connectivity index (χ2n) is 7.35. The number of nitrogens with zero attached hydrogens (tertiary/aromatic N) is 4. The number of nitrogens with one attached hydrogen (secondary N) is 1. The molecule has 0 unspecified atom stereocenters. The van der Waals surface area contributed by atoms with E-state index in [-0.39, 0.29) is 10.7 Å². The molecular formula is C23H21ClFN5O. The Hall–Kier alpha value is -3.45. The second-order valence-corrected chi connectivity index (χ2v) is 7.71. The fraction of sp³-hybridized carbons (Fsp3) is 0.174. The van der Waals surface area contributed by atoms with Crippen LogP contribution in [-0.2, 0) is 6.54 Å². The molecule has 0 aliphatic carbocycles. The summed E-state index contributed by atoms with van der Waals surface area (Å²) < 4.78 is 17.8. The summed E-state index contributed by atoms with van der Waals surface area (Å²) in [6, 6.07) is 16.0. The van der Waals surface area contributed by atoms with E-state index in [1.165, 1.54) is 10.7 Å². The van der Waals surface area contributed by atoms with E-state index >= 15 is 0 Å². The van der Waals surface area contributed by atoms with E-state index in [4.69, 9.17) is 11.6 Å². The average molecular weight is 438 g/mol. The van der Waals surface area contributed by atoms with Crippen molar-refractivity contribution in [2.24, 2.45) is 0 Å². The zero-order chi connectivity index (χ0) is 22.1. The summed E-state index contributed by atoms with van der Waals surface area (Å²) in [5.74, 6) is -0.938. The highest BCUT2D eigenvalue weighted by Crippen LogP contribution is 2.24. The number of carbonyl (C=O) groups excluding carboxylic acids is 1. The SMILES string of the molecule is Cc1cc(C)n(-c2ccc(NC(=O)c3c(C)nn(Cc4ccccc4)c3Cl)cc2F)n1. The number of halogens is 2. The summed E-state index contributed by atoms with van der Waals surface area (Å²) in [5.41, 5.74) is 4.03. The smallest absolute Gasteiger partial charge is 0.260 e. The van der Waals surface area contributed by atoms with Crippen LogP contribution in [0.1, 0.15) is 33.0 Å². The lowest BCUT2D eigenvalue weighted by Gasteiger charge is -2.09. The quantitative estimate of drug-likeness (QED) is 0.473. The minimum atomic E-state index is -0.494. The van der Waals surface area contributed by atoms with Gasteiger partial charge in [0, 0.05) is 11.4 Å². The Morgan fingerprint density at radius 1 is 1.06 bits per heavy atom. The largest absolute Gasteiger partial charge is 0.322 e. The molecule has 8 heteroatoms. The standard InChI is InChI=1S/C23H21ClFN5O/c1-14-11-15(2)30(27-14)20-10-9-18(12-19(20)25)26-23(31)21-16(3)28-29(22(21)24)13-17-7-5-4-6-8-17/h4-12H,13H2,1-3H3,(H,26,31). The van der Waals surface area contributed by atoms with E-state index < -0.39 is 11.7 Å². The van der Waals surface area contributed by atoms with Gasteiger partial charge in [-0.2, -0.15) is 10.2 Å².